The molecule has 0 amide bonds. The fraction of sp³-hybridized carbons (Fsp3) is 0.273. The Kier molecular flexibility index (Phi) is 2.58. The number of hydrogen-bond donors (Lipinski definition) is 0. The van der Waals surface area contributed by atoms with E-state index in [1.165, 1.54) is 11.1 Å². The van der Waals surface area contributed by atoms with E-state index in [1.807, 2.05) is 26.0 Å². The third kappa shape index (κ3) is 1.54. The minimum atomic E-state index is 0.818. The van der Waals surface area contributed by atoms with Gasteiger partial charge in [-0.05, 0) is 43.5 Å². The number of aryl methyl sites for hydroxylation is 1. The number of allylic oxidation sites excluding steroid dienone is 1. The summed E-state index contributed by atoms with van der Waals surface area (Å²) >= 11 is 5.99. The molecule has 0 saturated heterocycles. The van der Waals surface area contributed by atoms with Crippen molar-refractivity contribution in [2.24, 2.45) is 0 Å². The van der Waals surface area contributed by atoms with Crippen molar-refractivity contribution in [3.63, 3.8) is 0 Å². The van der Waals surface area contributed by atoms with Gasteiger partial charge in [-0.1, -0.05) is 29.8 Å². The molecule has 1 heteroatoms. The molecule has 0 bridgehead atoms. The Bertz CT molecular complexity index is 324. The second-order valence-corrected chi connectivity index (χ2v) is 3.55. The molecule has 1 aromatic rings. The summed E-state index contributed by atoms with van der Waals surface area (Å²) in [6.45, 7) is 10.0. The molecule has 0 aromatic heterocycles. The van der Waals surface area contributed by atoms with Crippen LogP contribution >= 0.6 is 11.6 Å². The maximum Gasteiger partial charge on any atom is 0.0441 e. The fourth-order valence-electron chi connectivity index (χ4n) is 1.48. The van der Waals surface area contributed by atoms with E-state index >= 15 is 0 Å². The zero-order chi connectivity index (χ0) is 9.30. The quantitative estimate of drug-likeness (QED) is 0.613. The molecule has 0 fully saturated rings. The average molecular weight is 181 g/mol. The zero-order valence-corrected chi connectivity index (χ0v) is 8.50. The van der Waals surface area contributed by atoms with Gasteiger partial charge in [0.2, 0.25) is 0 Å². The van der Waals surface area contributed by atoms with Gasteiger partial charge >= 0.3 is 0 Å². The van der Waals surface area contributed by atoms with Crippen LogP contribution in [0.15, 0.2) is 18.7 Å². The van der Waals surface area contributed by atoms with Gasteiger partial charge in [-0.15, -0.1) is 0 Å². The van der Waals surface area contributed by atoms with Crippen molar-refractivity contribution < 1.29 is 0 Å². The summed E-state index contributed by atoms with van der Waals surface area (Å²) < 4.78 is 0. The van der Waals surface area contributed by atoms with E-state index in [0.29, 0.717) is 0 Å². The van der Waals surface area contributed by atoms with Crippen LogP contribution in [0.1, 0.15) is 23.6 Å². The lowest BCUT2D eigenvalue weighted by molar-refractivity contribution is 1.33. The Morgan fingerprint density at radius 3 is 2.33 bits per heavy atom. The Labute approximate surface area is 78.9 Å². The lowest BCUT2D eigenvalue weighted by Gasteiger charge is -2.10. The summed E-state index contributed by atoms with van der Waals surface area (Å²) in [5, 5.41) is 0.818. The SMILES string of the molecule is C=C(C)c1c(C)ccc(Cl)c1C. The molecule has 0 aliphatic heterocycles. The van der Waals surface area contributed by atoms with Crippen LogP contribution in [-0.2, 0) is 0 Å². The van der Waals surface area contributed by atoms with Crippen molar-refractivity contribution in [3.8, 4) is 0 Å². The first-order valence-corrected chi connectivity index (χ1v) is 4.33. The first-order valence-electron chi connectivity index (χ1n) is 3.95. The molecule has 0 aliphatic carbocycles. The maximum atomic E-state index is 5.99. The number of hydrogen-bond acceptors (Lipinski definition) is 0. The van der Waals surface area contributed by atoms with Crippen LogP contribution in [-0.4, -0.2) is 0 Å². The Morgan fingerprint density at radius 1 is 1.33 bits per heavy atom. The predicted molar refractivity (Wildman–Crippen MR) is 55.6 cm³/mol. The van der Waals surface area contributed by atoms with Crippen LogP contribution in [0.5, 0.6) is 0 Å². The third-order valence-corrected chi connectivity index (χ3v) is 2.44. The summed E-state index contributed by atoms with van der Waals surface area (Å²) in [5.41, 5.74) is 4.64. The van der Waals surface area contributed by atoms with Gasteiger partial charge in [-0.2, -0.15) is 0 Å². The Hall–Kier alpha value is -0.750. The standard InChI is InChI=1S/C11H13Cl/c1-7(2)11-8(3)5-6-10(12)9(11)4/h5-6H,1H2,2-4H3. The van der Waals surface area contributed by atoms with E-state index < -0.39 is 0 Å². The van der Waals surface area contributed by atoms with Gasteiger partial charge in [0.15, 0.2) is 0 Å². The van der Waals surface area contributed by atoms with Crippen molar-refractivity contribution in [2.75, 3.05) is 0 Å². The smallest absolute Gasteiger partial charge is 0.0441 e. The van der Waals surface area contributed by atoms with Gasteiger partial charge in [0, 0.05) is 5.02 Å². The topological polar surface area (TPSA) is 0 Å². The molecule has 64 valence electrons. The minimum absolute atomic E-state index is 0.818. The Morgan fingerprint density at radius 2 is 1.92 bits per heavy atom. The van der Waals surface area contributed by atoms with Crippen molar-refractivity contribution >= 4 is 17.2 Å². The largest absolute Gasteiger partial charge is 0.0955 e. The molecule has 12 heavy (non-hydrogen) atoms. The van der Waals surface area contributed by atoms with Crippen molar-refractivity contribution in [1.82, 2.24) is 0 Å². The highest BCUT2D eigenvalue weighted by atomic mass is 35.5. The minimum Gasteiger partial charge on any atom is -0.0955 e. The molecular formula is C11H13Cl. The highest BCUT2D eigenvalue weighted by Crippen LogP contribution is 2.26. The molecule has 1 rings (SSSR count). The summed E-state index contributed by atoms with van der Waals surface area (Å²) in [4.78, 5) is 0. The Balaban J connectivity index is 3.43. The van der Waals surface area contributed by atoms with E-state index in [1.54, 1.807) is 0 Å². The van der Waals surface area contributed by atoms with E-state index in [4.69, 9.17) is 11.6 Å². The van der Waals surface area contributed by atoms with Crippen LogP contribution in [0.2, 0.25) is 5.02 Å². The molecule has 0 aliphatic rings. The highest BCUT2D eigenvalue weighted by molar-refractivity contribution is 6.31. The zero-order valence-electron chi connectivity index (χ0n) is 7.74. The van der Waals surface area contributed by atoms with Gasteiger partial charge in [0.1, 0.15) is 0 Å². The van der Waals surface area contributed by atoms with Crippen LogP contribution in [0.4, 0.5) is 0 Å². The normalized spacial score (nSPS) is 10.0. The van der Waals surface area contributed by atoms with Crippen molar-refractivity contribution in [1.29, 1.82) is 0 Å². The lowest BCUT2D eigenvalue weighted by Crippen LogP contribution is -1.90. The predicted octanol–water partition coefficient (Wildman–Crippen LogP) is 3.99. The molecule has 0 saturated carbocycles. The van der Waals surface area contributed by atoms with Gasteiger partial charge in [-0.25, -0.2) is 0 Å². The fourth-order valence-corrected chi connectivity index (χ4v) is 1.64. The summed E-state index contributed by atoms with van der Waals surface area (Å²) in [5.74, 6) is 0. The van der Waals surface area contributed by atoms with Gasteiger partial charge in [0.05, 0.1) is 0 Å². The van der Waals surface area contributed by atoms with E-state index in [9.17, 15) is 0 Å². The van der Waals surface area contributed by atoms with Gasteiger partial charge in [0.25, 0.3) is 0 Å². The molecule has 0 spiro atoms. The van der Waals surface area contributed by atoms with Crippen molar-refractivity contribution in [2.45, 2.75) is 20.8 Å². The average Bonchev–Trinajstić information content (AvgIpc) is 1.97. The summed E-state index contributed by atoms with van der Waals surface area (Å²) in [7, 11) is 0. The molecule has 0 unspecified atom stereocenters. The van der Waals surface area contributed by atoms with Crippen LogP contribution in [0, 0.1) is 13.8 Å². The van der Waals surface area contributed by atoms with Gasteiger partial charge in [-0.3, -0.25) is 0 Å². The first-order chi connectivity index (χ1) is 5.54. The molecule has 0 atom stereocenters. The maximum absolute atomic E-state index is 5.99. The monoisotopic (exact) mass is 180 g/mol. The van der Waals surface area contributed by atoms with Crippen molar-refractivity contribution in [3.05, 3.63) is 40.4 Å². The number of halogens is 1. The van der Waals surface area contributed by atoms with Crippen LogP contribution < -0.4 is 0 Å². The molecular weight excluding hydrogens is 168 g/mol. The summed E-state index contributed by atoms with van der Waals surface area (Å²) in [6.07, 6.45) is 0. The molecule has 0 nitrogen and oxygen atoms in total. The van der Waals surface area contributed by atoms with E-state index in [0.717, 1.165) is 16.2 Å². The molecule has 0 N–H and O–H groups in total. The summed E-state index contributed by atoms with van der Waals surface area (Å²) in [6, 6.07) is 3.96. The molecule has 0 radical (unpaired) electrons. The van der Waals surface area contributed by atoms with Gasteiger partial charge < -0.3 is 0 Å². The van der Waals surface area contributed by atoms with E-state index in [2.05, 4.69) is 13.5 Å². The third-order valence-electron chi connectivity index (χ3n) is 2.03. The molecule has 0 heterocycles. The molecule has 1 aromatic carbocycles. The second kappa shape index (κ2) is 3.32. The number of rotatable bonds is 1. The number of benzene rings is 1. The highest BCUT2D eigenvalue weighted by Gasteiger charge is 2.05. The van der Waals surface area contributed by atoms with E-state index in [-0.39, 0.29) is 0 Å². The second-order valence-electron chi connectivity index (χ2n) is 3.14. The van der Waals surface area contributed by atoms with Crippen LogP contribution in [0.3, 0.4) is 0 Å². The first kappa shape index (κ1) is 9.34. The lowest BCUT2D eigenvalue weighted by atomic mass is 9.98. The van der Waals surface area contributed by atoms with Crippen LogP contribution in [0.25, 0.3) is 5.57 Å².